The molecule has 0 saturated carbocycles. The molecule has 0 unspecified atom stereocenters. The molecule has 3 heteroatoms. The van der Waals surface area contributed by atoms with Crippen LogP contribution in [0.15, 0.2) is 72.9 Å². The lowest BCUT2D eigenvalue weighted by Crippen LogP contribution is -2.10. The molecule has 0 bridgehead atoms. The Morgan fingerprint density at radius 3 is 2.20 bits per heavy atom. The molecule has 0 saturated heterocycles. The van der Waals surface area contributed by atoms with Crippen molar-refractivity contribution in [3.8, 4) is 11.6 Å². The summed E-state index contributed by atoms with van der Waals surface area (Å²) in [5.41, 5.74) is 3.64. The number of pyridine rings is 1. The second kappa shape index (κ2) is 7.39. The monoisotopic (exact) mass is 332 g/mol. The highest BCUT2D eigenvalue weighted by Crippen LogP contribution is 2.26. The van der Waals surface area contributed by atoms with Crippen LogP contribution in [0.5, 0.6) is 11.6 Å². The number of anilines is 1. The molecule has 1 heterocycles. The van der Waals surface area contributed by atoms with Crippen LogP contribution in [0.1, 0.15) is 31.9 Å². The third-order valence-corrected chi connectivity index (χ3v) is 4.02. The van der Waals surface area contributed by atoms with E-state index in [0.29, 0.717) is 5.88 Å². The van der Waals surface area contributed by atoms with Crippen LogP contribution >= 0.6 is 0 Å². The van der Waals surface area contributed by atoms with Crippen LogP contribution in [0.25, 0.3) is 0 Å². The molecule has 128 valence electrons. The number of nitrogens with one attached hydrogen (secondary N) is 1. The maximum absolute atomic E-state index is 5.82. The first-order valence-corrected chi connectivity index (χ1v) is 8.53. The fourth-order valence-corrected chi connectivity index (χ4v) is 2.49. The summed E-state index contributed by atoms with van der Waals surface area (Å²) in [6.07, 6.45) is 1.79. The topological polar surface area (TPSA) is 34.1 Å². The zero-order chi connectivity index (χ0) is 17.7. The smallest absolute Gasteiger partial charge is 0.219 e. The molecule has 0 spiro atoms. The lowest BCUT2D eigenvalue weighted by Gasteiger charge is -2.19. The van der Waals surface area contributed by atoms with Gasteiger partial charge >= 0.3 is 0 Å². The molecule has 0 radical (unpaired) electrons. The van der Waals surface area contributed by atoms with Gasteiger partial charge in [0.1, 0.15) is 5.75 Å². The molecule has 0 amide bonds. The molecule has 25 heavy (non-hydrogen) atoms. The molecule has 0 aliphatic rings. The molecule has 3 nitrogen and oxygen atoms in total. The molecule has 0 atom stereocenters. The van der Waals surface area contributed by atoms with Crippen LogP contribution in [0.4, 0.5) is 5.69 Å². The molecular formula is C22H24N2O. The van der Waals surface area contributed by atoms with Gasteiger partial charge < -0.3 is 10.1 Å². The zero-order valence-corrected chi connectivity index (χ0v) is 15.0. The average Bonchev–Trinajstić information content (AvgIpc) is 2.62. The largest absolute Gasteiger partial charge is 0.439 e. The minimum Gasteiger partial charge on any atom is -0.439 e. The lowest BCUT2D eigenvalue weighted by atomic mass is 9.87. The van der Waals surface area contributed by atoms with Crippen molar-refractivity contribution in [3.05, 3.63) is 84.1 Å². The molecule has 3 rings (SSSR count). The Balaban J connectivity index is 1.59. The maximum Gasteiger partial charge on any atom is 0.219 e. The number of rotatable bonds is 5. The number of benzene rings is 2. The highest BCUT2D eigenvalue weighted by Gasteiger charge is 2.13. The molecule has 0 aliphatic carbocycles. The highest BCUT2D eigenvalue weighted by molar-refractivity contribution is 5.43. The SMILES string of the molecule is CC(C)(C)c1ccc(Oc2ccc(NCc3ccccc3)cn2)cc1. The van der Waals surface area contributed by atoms with E-state index in [1.165, 1.54) is 11.1 Å². The summed E-state index contributed by atoms with van der Waals surface area (Å²) in [6.45, 7) is 7.37. The van der Waals surface area contributed by atoms with Crippen molar-refractivity contribution in [2.45, 2.75) is 32.7 Å². The summed E-state index contributed by atoms with van der Waals surface area (Å²) in [4.78, 5) is 4.37. The third kappa shape index (κ3) is 4.83. The van der Waals surface area contributed by atoms with Crippen molar-refractivity contribution in [1.29, 1.82) is 0 Å². The van der Waals surface area contributed by atoms with E-state index >= 15 is 0 Å². The highest BCUT2D eigenvalue weighted by atomic mass is 16.5. The van der Waals surface area contributed by atoms with E-state index in [4.69, 9.17) is 4.74 Å². The first-order chi connectivity index (χ1) is 12.0. The van der Waals surface area contributed by atoms with E-state index in [9.17, 15) is 0 Å². The van der Waals surface area contributed by atoms with Crippen molar-refractivity contribution >= 4 is 5.69 Å². The van der Waals surface area contributed by atoms with Gasteiger partial charge in [-0.3, -0.25) is 0 Å². The molecule has 1 aromatic heterocycles. The van der Waals surface area contributed by atoms with Gasteiger partial charge in [0, 0.05) is 12.6 Å². The number of hydrogen-bond donors (Lipinski definition) is 1. The van der Waals surface area contributed by atoms with Crippen LogP contribution < -0.4 is 10.1 Å². The number of hydrogen-bond acceptors (Lipinski definition) is 3. The Labute approximate surface area is 149 Å². The van der Waals surface area contributed by atoms with Crippen molar-refractivity contribution in [3.63, 3.8) is 0 Å². The summed E-state index contributed by atoms with van der Waals surface area (Å²) < 4.78 is 5.82. The predicted molar refractivity (Wildman–Crippen MR) is 103 cm³/mol. The summed E-state index contributed by atoms with van der Waals surface area (Å²) in [6, 6.07) is 22.3. The Morgan fingerprint density at radius 2 is 1.60 bits per heavy atom. The Bertz CT molecular complexity index is 788. The van der Waals surface area contributed by atoms with E-state index in [2.05, 4.69) is 55.3 Å². The van der Waals surface area contributed by atoms with Crippen LogP contribution in [0.3, 0.4) is 0 Å². The fourth-order valence-electron chi connectivity index (χ4n) is 2.49. The average molecular weight is 332 g/mol. The Kier molecular flexibility index (Phi) is 5.03. The second-order valence-corrected chi connectivity index (χ2v) is 7.10. The molecular weight excluding hydrogens is 308 g/mol. The van der Waals surface area contributed by atoms with Gasteiger partial charge in [0.2, 0.25) is 5.88 Å². The van der Waals surface area contributed by atoms with Gasteiger partial charge in [0.15, 0.2) is 0 Å². The maximum atomic E-state index is 5.82. The molecule has 0 fully saturated rings. The van der Waals surface area contributed by atoms with Crippen molar-refractivity contribution in [2.75, 3.05) is 5.32 Å². The minimum absolute atomic E-state index is 0.142. The summed E-state index contributed by atoms with van der Waals surface area (Å²) in [7, 11) is 0. The van der Waals surface area contributed by atoms with Crippen molar-refractivity contribution < 1.29 is 4.74 Å². The van der Waals surface area contributed by atoms with Gasteiger partial charge in [-0.05, 0) is 34.7 Å². The fraction of sp³-hybridized carbons (Fsp3) is 0.227. The van der Waals surface area contributed by atoms with Gasteiger partial charge in [0.25, 0.3) is 0 Å². The van der Waals surface area contributed by atoms with Crippen molar-refractivity contribution in [2.24, 2.45) is 0 Å². The van der Waals surface area contributed by atoms with Gasteiger partial charge in [-0.1, -0.05) is 63.2 Å². The van der Waals surface area contributed by atoms with Gasteiger partial charge in [0.05, 0.1) is 11.9 Å². The third-order valence-electron chi connectivity index (χ3n) is 4.02. The lowest BCUT2D eigenvalue weighted by molar-refractivity contribution is 0.462. The summed E-state index contributed by atoms with van der Waals surface area (Å²) in [5.74, 6) is 1.39. The Hall–Kier alpha value is -2.81. The summed E-state index contributed by atoms with van der Waals surface area (Å²) in [5, 5.41) is 3.36. The van der Waals surface area contributed by atoms with E-state index in [1.807, 2.05) is 42.5 Å². The van der Waals surface area contributed by atoms with Gasteiger partial charge in [-0.25, -0.2) is 4.98 Å². The number of aromatic nitrogens is 1. The normalized spacial score (nSPS) is 11.2. The van der Waals surface area contributed by atoms with E-state index < -0.39 is 0 Å². The van der Waals surface area contributed by atoms with Gasteiger partial charge in [-0.2, -0.15) is 0 Å². The molecule has 0 aliphatic heterocycles. The molecule has 3 aromatic rings. The van der Waals surface area contributed by atoms with Crippen LogP contribution in [-0.2, 0) is 12.0 Å². The predicted octanol–water partition coefficient (Wildman–Crippen LogP) is 5.78. The molecule has 2 aromatic carbocycles. The first kappa shape index (κ1) is 17.0. The standard InChI is InChI=1S/C22H24N2O/c1-22(2,3)18-9-12-20(13-10-18)25-21-14-11-19(16-24-21)23-15-17-7-5-4-6-8-17/h4-14,16,23H,15H2,1-3H3. The van der Waals surface area contributed by atoms with Gasteiger partial charge in [-0.15, -0.1) is 0 Å². The van der Waals surface area contributed by atoms with E-state index in [0.717, 1.165) is 18.0 Å². The Morgan fingerprint density at radius 1 is 0.880 bits per heavy atom. The second-order valence-electron chi connectivity index (χ2n) is 7.10. The van der Waals surface area contributed by atoms with Crippen LogP contribution in [-0.4, -0.2) is 4.98 Å². The number of nitrogens with zero attached hydrogens (tertiary/aromatic N) is 1. The molecule has 1 N–H and O–H groups in total. The van der Waals surface area contributed by atoms with Crippen LogP contribution in [0, 0.1) is 0 Å². The van der Waals surface area contributed by atoms with Crippen molar-refractivity contribution in [1.82, 2.24) is 4.98 Å². The number of ether oxygens (including phenoxy) is 1. The quantitative estimate of drug-likeness (QED) is 0.642. The van der Waals surface area contributed by atoms with Crippen LogP contribution in [0.2, 0.25) is 0 Å². The first-order valence-electron chi connectivity index (χ1n) is 8.53. The minimum atomic E-state index is 0.142. The van der Waals surface area contributed by atoms with E-state index in [1.54, 1.807) is 6.20 Å². The summed E-state index contributed by atoms with van der Waals surface area (Å²) >= 11 is 0. The van der Waals surface area contributed by atoms with E-state index in [-0.39, 0.29) is 5.41 Å². The zero-order valence-electron chi connectivity index (χ0n) is 15.0.